The normalized spacial score (nSPS) is 19.0. The average molecular weight is 311 g/mol. The maximum absolute atomic E-state index is 12.6. The van der Waals surface area contributed by atoms with E-state index < -0.39 is 0 Å². The number of aromatic nitrogens is 1. The number of nitrogens with zero attached hydrogens (tertiary/aromatic N) is 2. The fourth-order valence-electron chi connectivity index (χ4n) is 3.06. The lowest BCUT2D eigenvalue weighted by Crippen LogP contribution is -2.34. The summed E-state index contributed by atoms with van der Waals surface area (Å²) < 4.78 is 10.6. The van der Waals surface area contributed by atoms with Crippen LogP contribution in [-0.4, -0.2) is 29.3 Å². The third-order valence-corrected chi connectivity index (χ3v) is 4.17. The molecule has 1 atom stereocenters. The Balaban J connectivity index is 1.50. The van der Waals surface area contributed by atoms with E-state index in [1.807, 2.05) is 29.2 Å². The molecule has 6 nitrogen and oxygen atoms in total. The number of anilines is 1. The first-order valence-electron chi connectivity index (χ1n) is 7.69. The van der Waals surface area contributed by atoms with Gasteiger partial charge in [-0.25, -0.2) is 4.79 Å². The van der Waals surface area contributed by atoms with Gasteiger partial charge in [0.25, 0.3) is 0 Å². The van der Waals surface area contributed by atoms with Crippen LogP contribution in [0, 0.1) is 0 Å². The Morgan fingerprint density at radius 2 is 2.13 bits per heavy atom. The fourth-order valence-corrected chi connectivity index (χ4v) is 3.06. The van der Waals surface area contributed by atoms with Gasteiger partial charge in [0.15, 0.2) is 11.5 Å². The highest BCUT2D eigenvalue weighted by Gasteiger charge is 2.31. The molecule has 2 aromatic rings. The maximum atomic E-state index is 12.6. The molecular weight excluding hydrogens is 294 g/mol. The van der Waals surface area contributed by atoms with Gasteiger partial charge in [-0.05, 0) is 37.1 Å². The molecule has 0 saturated carbocycles. The van der Waals surface area contributed by atoms with E-state index in [2.05, 4.69) is 10.3 Å². The molecule has 6 heteroatoms. The van der Waals surface area contributed by atoms with Crippen molar-refractivity contribution in [2.45, 2.75) is 18.9 Å². The number of likely N-dealkylation sites (tertiary alicyclic amines) is 1. The first-order chi connectivity index (χ1) is 11.3. The number of ether oxygens (including phenoxy) is 2. The molecular formula is C17H17N3O3. The van der Waals surface area contributed by atoms with Crippen LogP contribution in [0.15, 0.2) is 42.6 Å². The predicted molar refractivity (Wildman–Crippen MR) is 84.5 cm³/mol. The number of hydrogen-bond acceptors (Lipinski definition) is 4. The number of nitrogens with one attached hydrogen (secondary N) is 1. The Morgan fingerprint density at radius 3 is 3.00 bits per heavy atom. The van der Waals surface area contributed by atoms with Gasteiger partial charge in [-0.3, -0.25) is 4.98 Å². The van der Waals surface area contributed by atoms with Crippen LogP contribution in [0.1, 0.15) is 24.6 Å². The highest BCUT2D eigenvalue weighted by molar-refractivity contribution is 5.90. The van der Waals surface area contributed by atoms with Crippen LogP contribution < -0.4 is 14.8 Å². The van der Waals surface area contributed by atoms with Gasteiger partial charge >= 0.3 is 6.03 Å². The van der Waals surface area contributed by atoms with Gasteiger partial charge in [0, 0.05) is 24.5 Å². The zero-order valence-corrected chi connectivity index (χ0v) is 12.6. The molecule has 2 aliphatic rings. The van der Waals surface area contributed by atoms with Crippen molar-refractivity contribution in [3.8, 4) is 11.5 Å². The standard InChI is InChI=1S/C17H17N3O3/c21-17(19-12-6-7-15-16(10-12)23-11-22-15)20-9-3-5-14(20)13-4-1-2-8-18-13/h1-2,4,6-8,10,14H,3,5,9,11H2,(H,19,21). The summed E-state index contributed by atoms with van der Waals surface area (Å²) in [6, 6.07) is 11.1. The molecule has 1 unspecified atom stereocenters. The summed E-state index contributed by atoms with van der Waals surface area (Å²) in [5, 5.41) is 2.94. The predicted octanol–water partition coefficient (Wildman–Crippen LogP) is 3.18. The zero-order chi connectivity index (χ0) is 15.6. The second-order valence-corrected chi connectivity index (χ2v) is 5.60. The molecule has 1 fully saturated rings. The van der Waals surface area contributed by atoms with Crippen molar-refractivity contribution in [1.82, 2.24) is 9.88 Å². The summed E-state index contributed by atoms with van der Waals surface area (Å²) in [6.45, 7) is 0.957. The molecule has 0 radical (unpaired) electrons. The fraction of sp³-hybridized carbons (Fsp3) is 0.294. The van der Waals surface area contributed by atoms with Crippen molar-refractivity contribution < 1.29 is 14.3 Å². The third kappa shape index (κ3) is 2.67. The lowest BCUT2D eigenvalue weighted by atomic mass is 10.1. The van der Waals surface area contributed by atoms with Crippen molar-refractivity contribution in [1.29, 1.82) is 0 Å². The monoisotopic (exact) mass is 311 g/mol. The summed E-state index contributed by atoms with van der Waals surface area (Å²) >= 11 is 0. The van der Waals surface area contributed by atoms with Crippen molar-refractivity contribution in [2.24, 2.45) is 0 Å². The molecule has 1 saturated heterocycles. The minimum absolute atomic E-state index is 0.0326. The average Bonchev–Trinajstić information content (AvgIpc) is 3.24. The molecule has 0 aliphatic carbocycles. The van der Waals surface area contributed by atoms with Crippen LogP contribution in [0.25, 0.3) is 0 Å². The highest BCUT2D eigenvalue weighted by atomic mass is 16.7. The molecule has 1 N–H and O–H groups in total. The SMILES string of the molecule is O=C(Nc1ccc2c(c1)OCO2)N1CCCC1c1ccccn1. The number of hydrogen-bond donors (Lipinski definition) is 1. The molecule has 118 valence electrons. The van der Waals surface area contributed by atoms with Crippen LogP contribution in [0.2, 0.25) is 0 Å². The number of benzene rings is 1. The van der Waals surface area contributed by atoms with Crippen LogP contribution in [0.4, 0.5) is 10.5 Å². The summed E-state index contributed by atoms with van der Waals surface area (Å²) in [5.74, 6) is 1.36. The van der Waals surface area contributed by atoms with Gasteiger partial charge in [-0.1, -0.05) is 6.07 Å². The van der Waals surface area contributed by atoms with E-state index in [0.29, 0.717) is 17.2 Å². The molecule has 0 bridgehead atoms. The van der Waals surface area contributed by atoms with Crippen molar-refractivity contribution in [3.05, 3.63) is 48.3 Å². The Bertz CT molecular complexity index is 720. The number of carbonyl (C=O) groups is 1. The largest absolute Gasteiger partial charge is 0.454 e. The third-order valence-electron chi connectivity index (χ3n) is 4.17. The summed E-state index contributed by atoms with van der Waals surface area (Å²) in [6.07, 6.45) is 3.68. The molecule has 0 spiro atoms. The zero-order valence-electron chi connectivity index (χ0n) is 12.6. The number of rotatable bonds is 2. The van der Waals surface area contributed by atoms with Crippen molar-refractivity contribution >= 4 is 11.7 Å². The van der Waals surface area contributed by atoms with E-state index in [1.54, 1.807) is 18.3 Å². The van der Waals surface area contributed by atoms with E-state index in [-0.39, 0.29) is 18.9 Å². The second kappa shape index (κ2) is 5.79. The molecule has 1 aromatic heterocycles. The van der Waals surface area contributed by atoms with Gasteiger partial charge < -0.3 is 19.7 Å². The van der Waals surface area contributed by atoms with Gasteiger partial charge in [0.05, 0.1) is 11.7 Å². The Hall–Kier alpha value is -2.76. The number of amides is 2. The van der Waals surface area contributed by atoms with Crippen molar-refractivity contribution in [3.63, 3.8) is 0 Å². The van der Waals surface area contributed by atoms with Crippen LogP contribution in [0.5, 0.6) is 11.5 Å². The number of carbonyl (C=O) groups excluding carboxylic acids is 1. The smallest absolute Gasteiger partial charge is 0.322 e. The minimum Gasteiger partial charge on any atom is -0.454 e. The Morgan fingerprint density at radius 1 is 1.22 bits per heavy atom. The van der Waals surface area contributed by atoms with E-state index in [1.165, 1.54) is 0 Å². The molecule has 4 rings (SSSR count). The molecule has 2 aliphatic heterocycles. The molecule has 1 aromatic carbocycles. The summed E-state index contributed by atoms with van der Waals surface area (Å²) in [4.78, 5) is 18.8. The summed E-state index contributed by atoms with van der Waals surface area (Å²) in [7, 11) is 0. The van der Waals surface area contributed by atoms with Gasteiger partial charge in [0.2, 0.25) is 6.79 Å². The van der Waals surface area contributed by atoms with E-state index in [4.69, 9.17) is 9.47 Å². The van der Waals surface area contributed by atoms with Crippen molar-refractivity contribution in [2.75, 3.05) is 18.7 Å². The molecule has 23 heavy (non-hydrogen) atoms. The number of urea groups is 1. The Labute approximate surface area is 134 Å². The first-order valence-corrected chi connectivity index (χ1v) is 7.69. The second-order valence-electron chi connectivity index (χ2n) is 5.60. The highest BCUT2D eigenvalue weighted by Crippen LogP contribution is 2.35. The minimum atomic E-state index is -0.114. The molecule has 2 amide bonds. The topological polar surface area (TPSA) is 63.7 Å². The van der Waals surface area contributed by atoms with E-state index >= 15 is 0 Å². The van der Waals surface area contributed by atoms with Gasteiger partial charge in [-0.2, -0.15) is 0 Å². The first kappa shape index (κ1) is 13.9. The molecule has 3 heterocycles. The summed E-state index contributed by atoms with van der Waals surface area (Å²) in [5.41, 5.74) is 1.64. The van der Waals surface area contributed by atoms with E-state index in [9.17, 15) is 4.79 Å². The van der Waals surface area contributed by atoms with Gasteiger partial charge in [0.1, 0.15) is 0 Å². The Kier molecular flexibility index (Phi) is 3.49. The number of pyridine rings is 1. The quantitative estimate of drug-likeness (QED) is 0.925. The van der Waals surface area contributed by atoms with E-state index in [0.717, 1.165) is 25.1 Å². The van der Waals surface area contributed by atoms with Crippen LogP contribution in [0.3, 0.4) is 0 Å². The van der Waals surface area contributed by atoms with Crippen LogP contribution in [-0.2, 0) is 0 Å². The maximum Gasteiger partial charge on any atom is 0.322 e. The van der Waals surface area contributed by atoms with Crippen LogP contribution >= 0.6 is 0 Å². The van der Waals surface area contributed by atoms with Gasteiger partial charge in [-0.15, -0.1) is 0 Å². The lowest BCUT2D eigenvalue weighted by molar-refractivity contribution is 0.174. The number of fused-ring (bicyclic) bond motifs is 1. The lowest BCUT2D eigenvalue weighted by Gasteiger charge is -2.24.